The summed E-state index contributed by atoms with van der Waals surface area (Å²) in [4.78, 5) is 15.3. The summed E-state index contributed by atoms with van der Waals surface area (Å²) in [6, 6.07) is 20.8. The van der Waals surface area contributed by atoms with Crippen LogP contribution in [0.3, 0.4) is 0 Å². The molecule has 0 saturated carbocycles. The number of para-hydroxylation sites is 1. The molecule has 0 bridgehead atoms. The molecule has 0 aliphatic carbocycles. The third-order valence-electron chi connectivity index (χ3n) is 5.87. The molecular formula is C25H23ClN4O3. The van der Waals surface area contributed by atoms with Gasteiger partial charge in [-0.05, 0) is 60.5 Å². The lowest BCUT2D eigenvalue weighted by Crippen LogP contribution is -2.44. The van der Waals surface area contributed by atoms with Crippen molar-refractivity contribution < 1.29 is 14.3 Å². The Morgan fingerprint density at radius 1 is 1.03 bits per heavy atom. The number of carbonyl (C=O) groups excluding carboxylic acids is 1. The molecule has 33 heavy (non-hydrogen) atoms. The molecule has 1 N–H and O–H groups in total. The Bertz CT molecular complexity index is 1210. The van der Waals surface area contributed by atoms with Crippen LogP contribution in [0.5, 0.6) is 11.5 Å². The zero-order chi connectivity index (χ0) is 22.9. The molecule has 5 rings (SSSR count). The lowest BCUT2D eigenvalue weighted by Gasteiger charge is -2.37. The minimum absolute atomic E-state index is 0.258. The number of hydrazone groups is 1. The van der Waals surface area contributed by atoms with Gasteiger partial charge in [0.05, 0.1) is 19.9 Å². The maximum absolute atomic E-state index is 13.3. The highest BCUT2D eigenvalue weighted by atomic mass is 35.5. The number of hydrogen-bond donors (Lipinski definition) is 1. The number of benzene rings is 3. The van der Waals surface area contributed by atoms with Crippen molar-refractivity contribution in [3.05, 3.63) is 82.9 Å². The van der Waals surface area contributed by atoms with E-state index in [1.807, 2.05) is 76.6 Å². The number of amidine groups is 1. The van der Waals surface area contributed by atoms with E-state index in [4.69, 9.17) is 26.2 Å². The number of nitrogens with zero attached hydrogens (tertiary/aromatic N) is 3. The minimum atomic E-state index is -0.300. The molecule has 1 amide bonds. The Morgan fingerprint density at radius 2 is 1.73 bits per heavy atom. The molecular weight excluding hydrogens is 440 g/mol. The van der Waals surface area contributed by atoms with E-state index in [9.17, 15) is 4.79 Å². The fraction of sp³-hybridized carbons (Fsp3) is 0.200. The number of ether oxygens (including phenoxy) is 2. The first-order valence-electron chi connectivity index (χ1n) is 10.6. The van der Waals surface area contributed by atoms with Crippen molar-refractivity contribution in [2.45, 2.75) is 12.6 Å². The van der Waals surface area contributed by atoms with E-state index in [1.165, 1.54) is 0 Å². The third kappa shape index (κ3) is 3.85. The molecule has 3 aromatic rings. The number of hydrogen-bond acceptors (Lipinski definition) is 6. The Labute approximate surface area is 197 Å². The van der Waals surface area contributed by atoms with Gasteiger partial charge in [-0.1, -0.05) is 29.8 Å². The molecule has 2 heterocycles. The number of fused-ring (bicyclic) bond motifs is 3. The molecule has 2 aliphatic heterocycles. The first-order chi connectivity index (χ1) is 16.1. The average molecular weight is 463 g/mol. The zero-order valence-corrected chi connectivity index (χ0v) is 19.0. The smallest absolute Gasteiger partial charge is 0.293 e. The molecule has 168 valence electrons. The van der Waals surface area contributed by atoms with Gasteiger partial charge in [-0.15, -0.1) is 5.10 Å². The summed E-state index contributed by atoms with van der Waals surface area (Å²) in [6.45, 7) is 0.637. The molecule has 0 radical (unpaired) electrons. The number of anilines is 2. The van der Waals surface area contributed by atoms with Crippen molar-refractivity contribution in [1.29, 1.82) is 0 Å². The number of amides is 1. The third-order valence-corrected chi connectivity index (χ3v) is 6.12. The van der Waals surface area contributed by atoms with Gasteiger partial charge in [0.15, 0.2) is 17.7 Å². The summed E-state index contributed by atoms with van der Waals surface area (Å²) in [5.74, 6) is 1.42. The lowest BCUT2D eigenvalue weighted by atomic mass is 9.95. The zero-order valence-electron chi connectivity index (χ0n) is 18.3. The molecule has 0 saturated heterocycles. The highest BCUT2D eigenvalue weighted by molar-refractivity contribution is 6.42. The van der Waals surface area contributed by atoms with Gasteiger partial charge in [-0.25, -0.2) is 5.01 Å². The van der Waals surface area contributed by atoms with E-state index in [1.54, 1.807) is 14.2 Å². The van der Waals surface area contributed by atoms with Gasteiger partial charge >= 0.3 is 0 Å². The molecule has 1 unspecified atom stereocenters. The second kappa shape index (κ2) is 8.67. The highest BCUT2D eigenvalue weighted by Gasteiger charge is 2.43. The van der Waals surface area contributed by atoms with Gasteiger partial charge in [-0.3, -0.25) is 4.79 Å². The fourth-order valence-electron chi connectivity index (χ4n) is 4.30. The number of rotatable bonds is 5. The quantitative estimate of drug-likeness (QED) is 0.596. The second-order valence-electron chi connectivity index (χ2n) is 7.79. The van der Waals surface area contributed by atoms with Crippen LogP contribution in [0, 0.1) is 0 Å². The molecule has 0 fully saturated rings. The lowest BCUT2D eigenvalue weighted by molar-refractivity contribution is -0.111. The first kappa shape index (κ1) is 21.2. The Hall–Kier alpha value is -3.71. The van der Waals surface area contributed by atoms with E-state index in [2.05, 4.69) is 5.32 Å². The van der Waals surface area contributed by atoms with Crippen molar-refractivity contribution in [2.24, 2.45) is 5.10 Å². The summed E-state index contributed by atoms with van der Waals surface area (Å²) in [6.07, 6.45) is 0.449. The van der Waals surface area contributed by atoms with E-state index in [0.29, 0.717) is 28.9 Å². The van der Waals surface area contributed by atoms with Crippen LogP contribution < -0.4 is 19.8 Å². The van der Waals surface area contributed by atoms with Crippen molar-refractivity contribution in [2.75, 3.05) is 31.1 Å². The maximum Gasteiger partial charge on any atom is 0.293 e. The number of halogens is 1. The molecule has 0 aromatic heterocycles. The maximum atomic E-state index is 13.3. The largest absolute Gasteiger partial charge is 0.493 e. The van der Waals surface area contributed by atoms with Crippen molar-refractivity contribution in [3.63, 3.8) is 0 Å². The molecule has 2 aliphatic rings. The fourth-order valence-corrected chi connectivity index (χ4v) is 4.43. The molecule has 8 heteroatoms. The van der Waals surface area contributed by atoms with Gasteiger partial charge in [0, 0.05) is 22.8 Å². The Balaban J connectivity index is 1.57. The summed E-state index contributed by atoms with van der Waals surface area (Å²) < 4.78 is 11.1. The normalized spacial score (nSPS) is 16.6. The first-order valence-corrected chi connectivity index (χ1v) is 11.0. The van der Waals surface area contributed by atoms with Gasteiger partial charge in [0.25, 0.3) is 5.91 Å². The highest BCUT2D eigenvalue weighted by Crippen LogP contribution is 2.44. The Morgan fingerprint density at radius 3 is 2.42 bits per heavy atom. The van der Waals surface area contributed by atoms with Gasteiger partial charge in [-0.2, -0.15) is 0 Å². The van der Waals surface area contributed by atoms with Crippen LogP contribution in [0.1, 0.15) is 17.3 Å². The van der Waals surface area contributed by atoms with Gasteiger partial charge in [0.1, 0.15) is 0 Å². The summed E-state index contributed by atoms with van der Waals surface area (Å²) in [5, 5.41) is 10.2. The van der Waals surface area contributed by atoms with E-state index < -0.39 is 0 Å². The van der Waals surface area contributed by atoms with Crippen LogP contribution in [0.2, 0.25) is 5.02 Å². The predicted molar refractivity (Wildman–Crippen MR) is 129 cm³/mol. The van der Waals surface area contributed by atoms with E-state index in [0.717, 1.165) is 28.9 Å². The predicted octanol–water partition coefficient (Wildman–Crippen LogP) is 4.69. The van der Waals surface area contributed by atoms with Crippen LogP contribution >= 0.6 is 11.6 Å². The average Bonchev–Trinajstić information content (AvgIpc) is 3.24. The number of methoxy groups -OCH3 is 2. The van der Waals surface area contributed by atoms with Crippen LogP contribution in [0.15, 0.2) is 71.8 Å². The second-order valence-corrected chi connectivity index (χ2v) is 8.22. The van der Waals surface area contributed by atoms with Crippen LogP contribution in [-0.2, 0) is 11.2 Å². The summed E-state index contributed by atoms with van der Waals surface area (Å²) in [5.41, 5.74) is 3.70. The van der Waals surface area contributed by atoms with Crippen molar-refractivity contribution in [3.8, 4) is 11.5 Å². The topological polar surface area (TPSA) is 66.4 Å². The standard InChI is InChI=1S/C25H23ClN4O3/c1-32-21-14-16-12-13-29-23(24(31)27-18-6-4-3-5-7-18)28-30(19-10-8-17(26)9-11-19)25(29)20(16)15-22(21)33-2/h3-11,14-15,25H,12-13H2,1-2H3,(H,27,31). The summed E-state index contributed by atoms with van der Waals surface area (Å²) >= 11 is 6.12. The van der Waals surface area contributed by atoms with Gasteiger partial charge in [0.2, 0.25) is 5.84 Å². The minimum Gasteiger partial charge on any atom is -0.493 e. The van der Waals surface area contributed by atoms with E-state index >= 15 is 0 Å². The van der Waals surface area contributed by atoms with Crippen LogP contribution in [0.4, 0.5) is 11.4 Å². The van der Waals surface area contributed by atoms with Gasteiger partial charge < -0.3 is 19.7 Å². The summed E-state index contributed by atoms with van der Waals surface area (Å²) in [7, 11) is 3.25. The molecule has 3 aromatic carbocycles. The molecule has 7 nitrogen and oxygen atoms in total. The Kier molecular flexibility index (Phi) is 5.56. The molecule has 0 spiro atoms. The monoisotopic (exact) mass is 462 g/mol. The van der Waals surface area contributed by atoms with Crippen LogP contribution in [0.25, 0.3) is 0 Å². The van der Waals surface area contributed by atoms with Crippen LogP contribution in [-0.4, -0.2) is 37.4 Å². The SMILES string of the molecule is COc1cc2c(cc1OC)C1N(CC2)C(C(=O)Nc2ccccc2)=NN1c1ccc(Cl)cc1. The number of nitrogens with one attached hydrogen (secondary N) is 1. The van der Waals surface area contributed by atoms with E-state index in [-0.39, 0.29) is 12.1 Å². The number of carbonyl (C=O) groups is 1. The van der Waals surface area contributed by atoms with Crippen molar-refractivity contribution >= 4 is 34.7 Å². The van der Waals surface area contributed by atoms with Crippen molar-refractivity contribution in [1.82, 2.24) is 4.90 Å². The molecule has 1 atom stereocenters.